The number of carbonyl (C=O) groups excluding carboxylic acids is 3. The number of halogens is 1. The summed E-state index contributed by atoms with van der Waals surface area (Å²) in [6.07, 6.45) is 1.53. The van der Waals surface area contributed by atoms with Crippen molar-refractivity contribution in [2.24, 2.45) is 0 Å². The number of anilines is 1. The van der Waals surface area contributed by atoms with E-state index in [4.69, 9.17) is 21.1 Å². The molecule has 188 valence electrons. The van der Waals surface area contributed by atoms with Gasteiger partial charge in [-0.15, -0.1) is 0 Å². The van der Waals surface area contributed by atoms with Crippen LogP contribution >= 0.6 is 11.6 Å². The van der Waals surface area contributed by atoms with Crippen molar-refractivity contribution in [3.63, 3.8) is 0 Å². The maximum atomic E-state index is 13.0. The third-order valence-corrected chi connectivity index (χ3v) is 6.06. The van der Waals surface area contributed by atoms with E-state index in [1.54, 1.807) is 55.5 Å². The lowest BCUT2D eigenvalue weighted by Crippen LogP contribution is -2.53. The highest BCUT2D eigenvalue weighted by atomic mass is 35.5. The Morgan fingerprint density at radius 1 is 1.03 bits per heavy atom. The molecule has 0 bridgehead atoms. The molecule has 0 aromatic heterocycles. The molecule has 4 amide bonds. The number of amides is 4. The van der Waals surface area contributed by atoms with Crippen molar-refractivity contribution in [2.75, 3.05) is 32.6 Å². The van der Waals surface area contributed by atoms with Crippen LogP contribution in [0.25, 0.3) is 0 Å². The van der Waals surface area contributed by atoms with Crippen molar-refractivity contribution in [3.8, 4) is 11.5 Å². The van der Waals surface area contributed by atoms with Crippen LogP contribution in [0.4, 0.5) is 10.5 Å². The fourth-order valence-electron chi connectivity index (χ4n) is 3.96. The number of ether oxygens (including phenoxy) is 2. The second-order valence-corrected chi connectivity index (χ2v) is 8.79. The van der Waals surface area contributed by atoms with Gasteiger partial charge in [0.15, 0.2) is 11.5 Å². The molecule has 1 aliphatic heterocycles. The number of benzene rings is 2. The lowest BCUT2D eigenvalue weighted by Gasteiger charge is -2.33. The molecule has 0 spiro atoms. The van der Waals surface area contributed by atoms with Gasteiger partial charge < -0.3 is 30.3 Å². The summed E-state index contributed by atoms with van der Waals surface area (Å²) in [6, 6.07) is 11.3. The summed E-state index contributed by atoms with van der Waals surface area (Å²) in [5.41, 5.74) is 1.49. The maximum absolute atomic E-state index is 13.0. The van der Waals surface area contributed by atoms with Crippen LogP contribution in [0.5, 0.6) is 11.5 Å². The minimum atomic E-state index is -0.739. The Labute approximate surface area is 210 Å². The number of carbonyl (C=O) groups is 3. The molecule has 1 fully saturated rings. The van der Waals surface area contributed by atoms with Gasteiger partial charge in [-0.05, 0) is 54.8 Å². The number of nitrogens with one attached hydrogen (secondary N) is 3. The average molecular weight is 503 g/mol. The van der Waals surface area contributed by atoms with E-state index >= 15 is 0 Å². The smallest absolute Gasteiger partial charge is 0.321 e. The summed E-state index contributed by atoms with van der Waals surface area (Å²) in [5.74, 6) is 0.582. The number of hydrogen-bond acceptors (Lipinski definition) is 5. The highest BCUT2D eigenvalue weighted by molar-refractivity contribution is 6.30. The van der Waals surface area contributed by atoms with Gasteiger partial charge in [-0.25, -0.2) is 4.79 Å². The Morgan fingerprint density at radius 3 is 2.29 bits per heavy atom. The van der Waals surface area contributed by atoms with Crippen LogP contribution in [0.1, 0.15) is 25.3 Å². The lowest BCUT2D eigenvalue weighted by molar-refractivity contribution is -0.128. The molecule has 1 heterocycles. The molecule has 3 rings (SSSR count). The first-order valence-corrected chi connectivity index (χ1v) is 11.8. The molecular formula is C25H31ClN4O5. The highest BCUT2D eigenvalue weighted by Gasteiger charge is 2.27. The SMILES string of the molecule is COc1ccc(C[C@@H](NC(C)=O)C(=O)NC2CCN(C(=O)Nc3ccc(Cl)cc3)CC2)cc1OC. The molecule has 1 atom stereocenters. The zero-order valence-electron chi connectivity index (χ0n) is 20.1. The number of methoxy groups -OCH3 is 2. The molecule has 2 aromatic rings. The molecule has 2 aromatic carbocycles. The fourth-order valence-corrected chi connectivity index (χ4v) is 4.09. The van der Waals surface area contributed by atoms with Crippen molar-refractivity contribution < 1.29 is 23.9 Å². The Morgan fingerprint density at radius 2 is 1.69 bits per heavy atom. The highest BCUT2D eigenvalue weighted by Crippen LogP contribution is 2.28. The Kier molecular flexibility index (Phi) is 9.19. The van der Waals surface area contributed by atoms with Crippen LogP contribution in [-0.4, -0.2) is 62.1 Å². The normalized spacial score (nSPS) is 14.6. The maximum Gasteiger partial charge on any atom is 0.321 e. The number of hydrogen-bond donors (Lipinski definition) is 3. The molecule has 35 heavy (non-hydrogen) atoms. The van der Waals surface area contributed by atoms with Gasteiger partial charge in [0.2, 0.25) is 11.8 Å². The number of piperidine rings is 1. The molecule has 1 aliphatic rings. The molecule has 3 N–H and O–H groups in total. The van der Waals surface area contributed by atoms with E-state index in [0.717, 1.165) is 5.56 Å². The van der Waals surface area contributed by atoms with E-state index < -0.39 is 6.04 Å². The van der Waals surface area contributed by atoms with Crippen LogP contribution < -0.4 is 25.4 Å². The minimum absolute atomic E-state index is 0.0938. The van der Waals surface area contributed by atoms with Crippen LogP contribution in [0.2, 0.25) is 5.02 Å². The quantitative estimate of drug-likeness (QED) is 0.513. The second kappa shape index (κ2) is 12.3. The van der Waals surface area contributed by atoms with Crippen LogP contribution in [-0.2, 0) is 16.0 Å². The zero-order chi connectivity index (χ0) is 25.4. The van der Waals surface area contributed by atoms with Gasteiger partial charge in [0, 0.05) is 43.2 Å². The van der Waals surface area contributed by atoms with E-state index in [1.807, 2.05) is 6.07 Å². The molecule has 0 radical (unpaired) electrons. The van der Waals surface area contributed by atoms with Gasteiger partial charge in [-0.3, -0.25) is 9.59 Å². The predicted octanol–water partition coefficient (Wildman–Crippen LogP) is 3.22. The molecule has 0 aliphatic carbocycles. The van der Waals surface area contributed by atoms with Gasteiger partial charge >= 0.3 is 6.03 Å². The molecule has 0 saturated carbocycles. The largest absolute Gasteiger partial charge is 0.493 e. The zero-order valence-corrected chi connectivity index (χ0v) is 20.9. The first-order chi connectivity index (χ1) is 16.8. The first kappa shape index (κ1) is 26.2. The Hall–Kier alpha value is -3.46. The van der Waals surface area contributed by atoms with Crippen LogP contribution in [0.15, 0.2) is 42.5 Å². The lowest BCUT2D eigenvalue weighted by atomic mass is 10.0. The number of urea groups is 1. The van der Waals surface area contributed by atoms with Crippen molar-refractivity contribution in [2.45, 2.75) is 38.3 Å². The predicted molar refractivity (Wildman–Crippen MR) is 134 cm³/mol. The van der Waals surface area contributed by atoms with Crippen LogP contribution in [0.3, 0.4) is 0 Å². The number of rotatable bonds is 8. The van der Waals surface area contributed by atoms with Crippen LogP contribution in [0, 0.1) is 0 Å². The van der Waals surface area contributed by atoms with E-state index in [-0.39, 0.29) is 23.9 Å². The Balaban J connectivity index is 1.55. The molecular weight excluding hydrogens is 472 g/mol. The topological polar surface area (TPSA) is 109 Å². The molecule has 9 nitrogen and oxygen atoms in total. The molecule has 1 saturated heterocycles. The monoisotopic (exact) mass is 502 g/mol. The summed E-state index contributed by atoms with van der Waals surface area (Å²) in [5, 5.41) is 9.22. The average Bonchev–Trinajstić information content (AvgIpc) is 2.85. The summed E-state index contributed by atoms with van der Waals surface area (Å²) >= 11 is 5.88. The van der Waals surface area contributed by atoms with Crippen molar-refractivity contribution in [3.05, 3.63) is 53.1 Å². The number of likely N-dealkylation sites (tertiary alicyclic amines) is 1. The summed E-state index contributed by atoms with van der Waals surface area (Å²) in [4.78, 5) is 39.0. The molecule has 10 heteroatoms. The van der Waals surface area contributed by atoms with Crippen molar-refractivity contribution in [1.82, 2.24) is 15.5 Å². The Bertz CT molecular complexity index is 1040. The second-order valence-electron chi connectivity index (χ2n) is 8.35. The third kappa shape index (κ3) is 7.51. The van der Waals surface area contributed by atoms with E-state index in [2.05, 4.69) is 16.0 Å². The summed E-state index contributed by atoms with van der Waals surface area (Å²) in [6.45, 7) is 2.39. The van der Waals surface area contributed by atoms with Crippen molar-refractivity contribution in [1.29, 1.82) is 0 Å². The van der Waals surface area contributed by atoms with E-state index in [9.17, 15) is 14.4 Å². The van der Waals surface area contributed by atoms with Gasteiger partial charge in [0.05, 0.1) is 14.2 Å². The van der Waals surface area contributed by atoms with E-state index in [0.29, 0.717) is 54.6 Å². The van der Waals surface area contributed by atoms with Gasteiger partial charge in [-0.1, -0.05) is 17.7 Å². The minimum Gasteiger partial charge on any atom is -0.493 e. The van der Waals surface area contributed by atoms with Gasteiger partial charge in [0.1, 0.15) is 6.04 Å². The van der Waals surface area contributed by atoms with Gasteiger partial charge in [0.25, 0.3) is 0 Å². The number of nitrogens with zero attached hydrogens (tertiary/aromatic N) is 1. The third-order valence-electron chi connectivity index (χ3n) is 5.81. The van der Waals surface area contributed by atoms with E-state index in [1.165, 1.54) is 6.92 Å². The van der Waals surface area contributed by atoms with Crippen molar-refractivity contribution >= 4 is 35.1 Å². The first-order valence-electron chi connectivity index (χ1n) is 11.4. The molecule has 0 unspecified atom stereocenters. The summed E-state index contributed by atoms with van der Waals surface area (Å²) in [7, 11) is 3.10. The summed E-state index contributed by atoms with van der Waals surface area (Å²) < 4.78 is 10.6. The fraction of sp³-hybridized carbons (Fsp3) is 0.400. The van der Waals surface area contributed by atoms with Gasteiger partial charge in [-0.2, -0.15) is 0 Å². The standard InChI is InChI=1S/C25H31ClN4O5/c1-16(31)27-21(14-17-4-9-22(34-2)23(15-17)35-3)24(32)28-20-10-12-30(13-11-20)25(33)29-19-7-5-18(26)6-8-19/h4-9,15,20-21H,10-14H2,1-3H3,(H,27,31)(H,28,32)(H,29,33)/t21-/m1/s1.